The van der Waals surface area contributed by atoms with E-state index in [0.717, 1.165) is 18.8 Å². The Bertz CT molecular complexity index is 527. The van der Waals surface area contributed by atoms with Crippen LogP contribution < -0.4 is 15.5 Å². The molecular formula is C14H19ClN4O2. The van der Waals surface area contributed by atoms with Gasteiger partial charge in [0.2, 0.25) is 5.91 Å². The van der Waals surface area contributed by atoms with Crippen LogP contribution in [0.5, 0.6) is 0 Å². The molecule has 2 aliphatic heterocycles. The molecule has 21 heavy (non-hydrogen) atoms. The van der Waals surface area contributed by atoms with Crippen LogP contribution in [0.4, 0.5) is 5.82 Å². The van der Waals surface area contributed by atoms with Gasteiger partial charge < -0.3 is 20.6 Å². The van der Waals surface area contributed by atoms with Crippen molar-refractivity contribution < 1.29 is 9.90 Å². The maximum atomic E-state index is 12.1. The molecule has 1 amide bonds. The van der Waals surface area contributed by atoms with Crippen LogP contribution >= 0.6 is 11.6 Å². The number of halogens is 1. The zero-order valence-corrected chi connectivity index (χ0v) is 12.4. The SMILES string of the molecule is O=C(N[C@@H]1CCN(c2ncccc2Cl)C1)[C@@H]1C[C@@H](O)CN1. The average molecular weight is 311 g/mol. The first-order valence-electron chi connectivity index (χ1n) is 7.21. The third-order valence-electron chi connectivity index (χ3n) is 4.00. The summed E-state index contributed by atoms with van der Waals surface area (Å²) in [4.78, 5) is 18.5. The van der Waals surface area contributed by atoms with Crippen LogP contribution in [-0.4, -0.2) is 53.8 Å². The second-order valence-corrected chi connectivity index (χ2v) is 6.01. The van der Waals surface area contributed by atoms with E-state index in [4.69, 9.17) is 11.6 Å². The highest BCUT2D eigenvalue weighted by Gasteiger charge is 2.31. The Hall–Kier alpha value is -1.37. The number of amides is 1. The lowest BCUT2D eigenvalue weighted by atomic mass is 10.1. The van der Waals surface area contributed by atoms with Gasteiger partial charge in [-0.25, -0.2) is 4.98 Å². The summed E-state index contributed by atoms with van der Waals surface area (Å²) in [6.45, 7) is 2.01. The maximum Gasteiger partial charge on any atom is 0.237 e. The molecule has 0 unspecified atom stereocenters. The summed E-state index contributed by atoms with van der Waals surface area (Å²) in [5.74, 6) is 0.732. The number of aromatic nitrogens is 1. The van der Waals surface area contributed by atoms with Crippen LogP contribution in [-0.2, 0) is 4.79 Å². The number of anilines is 1. The van der Waals surface area contributed by atoms with Crippen LogP contribution in [0.1, 0.15) is 12.8 Å². The third-order valence-corrected chi connectivity index (χ3v) is 4.29. The van der Waals surface area contributed by atoms with Crippen LogP contribution in [0, 0.1) is 0 Å². The first-order valence-corrected chi connectivity index (χ1v) is 7.58. The van der Waals surface area contributed by atoms with Gasteiger partial charge in [0.1, 0.15) is 5.82 Å². The monoisotopic (exact) mass is 310 g/mol. The minimum atomic E-state index is -0.423. The molecule has 114 valence electrons. The molecule has 3 rings (SSSR count). The molecule has 2 saturated heterocycles. The Balaban J connectivity index is 1.55. The molecule has 1 aromatic heterocycles. The summed E-state index contributed by atoms with van der Waals surface area (Å²) in [5.41, 5.74) is 0. The van der Waals surface area contributed by atoms with Crippen molar-refractivity contribution in [2.24, 2.45) is 0 Å². The molecule has 2 aliphatic rings. The molecule has 3 heterocycles. The molecule has 0 spiro atoms. The number of carbonyl (C=O) groups is 1. The predicted molar refractivity (Wildman–Crippen MR) is 80.4 cm³/mol. The smallest absolute Gasteiger partial charge is 0.237 e. The second-order valence-electron chi connectivity index (χ2n) is 5.60. The van der Waals surface area contributed by atoms with Gasteiger partial charge in [0.05, 0.1) is 17.2 Å². The molecule has 3 N–H and O–H groups in total. The fraction of sp³-hybridized carbons (Fsp3) is 0.571. The number of nitrogens with zero attached hydrogens (tertiary/aromatic N) is 2. The number of aliphatic hydroxyl groups excluding tert-OH is 1. The molecule has 1 aromatic rings. The Kier molecular flexibility index (Phi) is 4.28. The quantitative estimate of drug-likeness (QED) is 0.741. The van der Waals surface area contributed by atoms with Gasteiger partial charge in [-0.05, 0) is 25.0 Å². The number of rotatable bonds is 3. The second kappa shape index (κ2) is 6.17. The Morgan fingerprint density at radius 2 is 2.43 bits per heavy atom. The Labute approximate surface area is 128 Å². The molecule has 0 radical (unpaired) electrons. The van der Waals surface area contributed by atoms with Crippen molar-refractivity contribution >= 4 is 23.3 Å². The Morgan fingerprint density at radius 1 is 1.57 bits per heavy atom. The highest BCUT2D eigenvalue weighted by atomic mass is 35.5. The number of hydrogen-bond acceptors (Lipinski definition) is 5. The molecule has 0 aromatic carbocycles. The van der Waals surface area contributed by atoms with Gasteiger partial charge in [-0.2, -0.15) is 0 Å². The van der Waals surface area contributed by atoms with Gasteiger partial charge in [0, 0.05) is 31.9 Å². The lowest BCUT2D eigenvalue weighted by Crippen LogP contribution is -2.46. The van der Waals surface area contributed by atoms with E-state index >= 15 is 0 Å². The van der Waals surface area contributed by atoms with Gasteiger partial charge in [-0.15, -0.1) is 0 Å². The average Bonchev–Trinajstić information content (AvgIpc) is 3.08. The lowest BCUT2D eigenvalue weighted by Gasteiger charge is -2.20. The van der Waals surface area contributed by atoms with E-state index in [9.17, 15) is 9.90 Å². The van der Waals surface area contributed by atoms with Crippen LogP contribution in [0.25, 0.3) is 0 Å². The fourth-order valence-electron chi connectivity index (χ4n) is 2.90. The van der Waals surface area contributed by atoms with Gasteiger partial charge in [0.25, 0.3) is 0 Å². The van der Waals surface area contributed by atoms with Crippen LogP contribution in [0.2, 0.25) is 5.02 Å². The number of hydrogen-bond donors (Lipinski definition) is 3. The van der Waals surface area contributed by atoms with E-state index < -0.39 is 6.10 Å². The number of aliphatic hydroxyl groups is 1. The van der Waals surface area contributed by atoms with Crippen molar-refractivity contribution in [3.8, 4) is 0 Å². The highest BCUT2D eigenvalue weighted by molar-refractivity contribution is 6.32. The van der Waals surface area contributed by atoms with Crippen molar-refractivity contribution in [1.29, 1.82) is 0 Å². The van der Waals surface area contributed by atoms with Crippen molar-refractivity contribution in [3.63, 3.8) is 0 Å². The van der Waals surface area contributed by atoms with E-state index in [1.165, 1.54) is 0 Å². The molecular weight excluding hydrogens is 292 g/mol. The van der Waals surface area contributed by atoms with Gasteiger partial charge in [-0.1, -0.05) is 11.6 Å². The summed E-state index contributed by atoms with van der Waals surface area (Å²) in [6, 6.07) is 3.43. The Morgan fingerprint density at radius 3 is 3.14 bits per heavy atom. The number of pyridine rings is 1. The van der Waals surface area contributed by atoms with Crippen molar-refractivity contribution in [1.82, 2.24) is 15.6 Å². The molecule has 7 heteroatoms. The van der Waals surface area contributed by atoms with Crippen molar-refractivity contribution in [2.45, 2.75) is 31.0 Å². The molecule has 6 nitrogen and oxygen atoms in total. The minimum Gasteiger partial charge on any atom is -0.392 e. The summed E-state index contributed by atoms with van der Waals surface area (Å²) in [5, 5.41) is 16.1. The van der Waals surface area contributed by atoms with Crippen molar-refractivity contribution in [2.75, 3.05) is 24.5 Å². The molecule has 2 fully saturated rings. The summed E-state index contributed by atoms with van der Waals surface area (Å²) in [6.07, 6.45) is 2.65. The zero-order valence-electron chi connectivity index (χ0n) is 11.6. The van der Waals surface area contributed by atoms with E-state index in [0.29, 0.717) is 24.5 Å². The van der Waals surface area contributed by atoms with Gasteiger partial charge in [0.15, 0.2) is 0 Å². The van der Waals surface area contributed by atoms with Gasteiger partial charge >= 0.3 is 0 Å². The molecule has 0 saturated carbocycles. The van der Waals surface area contributed by atoms with E-state index in [-0.39, 0.29) is 18.0 Å². The largest absolute Gasteiger partial charge is 0.392 e. The normalized spacial score (nSPS) is 28.9. The molecule has 0 bridgehead atoms. The highest BCUT2D eigenvalue weighted by Crippen LogP contribution is 2.25. The summed E-state index contributed by atoms with van der Waals surface area (Å²) >= 11 is 6.15. The molecule has 3 atom stereocenters. The van der Waals surface area contributed by atoms with Gasteiger partial charge in [-0.3, -0.25) is 4.79 Å². The number of nitrogens with one attached hydrogen (secondary N) is 2. The third kappa shape index (κ3) is 3.28. The zero-order chi connectivity index (χ0) is 14.8. The fourth-order valence-corrected chi connectivity index (χ4v) is 3.14. The lowest BCUT2D eigenvalue weighted by molar-refractivity contribution is -0.123. The standard InChI is InChI=1S/C14H19ClN4O2/c15-11-2-1-4-16-13(11)19-5-3-9(8-19)18-14(21)12-6-10(20)7-17-12/h1-2,4,9-10,12,17,20H,3,5-8H2,(H,18,21)/t9-,10-,12+/m1/s1. The number of β-amino-alcohol motifs (C(OH)–C–C–N with tert-alkyl or cyclic N) is 1. The summed E-state index contributed by atoms with van der Waals surface area (Å²) in [7, 11) is 0. The first-order chi connectivity index (χ1) is 10.1. The van der Waals surface area contributed by atoms with E-state index in [1.54, 1.807) is 12.3 Å². The van der Waals surface area contributed by atoms with E-state index in [1.807, 2.05) is 6.07 Å². The predicted octanol–water partition coefficient (Wildman–Crippen LogP) is 0.153. The summed E-state index contributed by atoms with van der Waals surface area (Å²) < 4.78 is 0. The topological polar surface area (TPSA) is 77.5 Å². The van der Waals surface area contributed by atoms with Crippen LogP contribution in [0.15, 0.2) is 18.3 Å². The maximum absolute atomic E-state index is 12.1. The minimum absolute atomic E-state index is 0.0366. The van der Waals surface area contributed by atoms with Crippen LogP contribution in [0.3, 0.4) is 0 Å². The van der Waals surface area contributed by atoms with E-state index in [2.05, 4.69) is 20.5 Å². The van der Waals surface area contributed by atoms with Crippen molar-refractivity contribution in [3.05, 3.63) is 23.4 Å². The molecule has 0 aliphatic carbocycles. The first kappa shape index (κ1) is 14.6. The number of carbonyl (C=O) groups excluding carboxylic acids is 1.